The van der Waals surface area contributed by atoms with Crippen molar-refractivity contribution < 1.29 is 23.1 Å². The first-order chi connectivity index (χ1) is 5.29. The van der Waals surface area contributed by atoms with Crippen molar-refractivity contribution in [2.24, 2.45) is 5.41 Å². The third-order valence-electron chi connectivity index (χ3n) is 2.06. The Morgan fingerprint density at radius 3 is 2.00 bits per heavy atom. The normalized spacial score (nSPS) is 21.8. The summed E-state index contributed by atoms with van der Waals surface area (Å²) in [5.74, 6) is -1.80. The van der Waals surface area contributed by atoms with Gasteiger partial charge in [-0.05, 0) is 12.8 Å². The Kier molecular flexibility index (Phi) is 1.70. The highest BCUT2D eigenvalue weighted by atomic mass is 19.4. The number of hydrogen-bond acceptors (Lipinski definition) is 1. The summed E-state index contributed by atoms with van der Waals surface area (Å²) in [7, 11) is 0. The predicted octanol–water partition coefficient (Wildman–Crippen LogP) is 1.97. The van der Waals surface area contributed by atoms with Crippen molar-refractivity contribution in [3.8, 4) is 0 Å². The summed E-state index contributed by atoms with van der Waals surface area (Å²) in [5.41, 5.74) is -2.21. The summed E-state index contributed by atoms with van der Waals surface area (Å²) >= 11 is 0. The summed E-state index contributed by atoms with van der Waals surface area (Å²) in [5, 5.41) is 8.38. The first kappa shape index (κ1) is 9.09. The quantitative estimate of drug-likeness (QED) is 0.626. The summed E-state index contributed by atoms with van der Waals surface area (Å²) < 4.78 is 36.5. The van der Waals surface area contributed by atoms with Gasteiger partial charge in [0.05, 0.1) is 0 Å². The van der Waals surface area contributed by atoms with E-state index in [1.165, 1.54) is 0 Å². The molecule has 12 heavy (non-hydrogen) atoms. The Morgan fingerprint density at radius 1 is 1.50 bits per heavy atom. The molecule has 1 N–H and O–H groups in total. The van der Waals surface area contributed by atoms with Crippen molar-refractivity contribution >= 4 is 5.97 Å². The van der Waals surface area contributed by atoms with Gasteiger partial charge in [0.2, 0.25) is 0 Å². The van der Waals surface area contributed by atoms with Crippen LogP contribution in [0.3, 0.4) is 0 Å². The van der Waals surface area contributed by atoms with E-state index in [1.54, 1.807) is 0 Å². The maximum atomic E-state index is 12.2. The Bertz CT molecular complexity index is 234. The van der Waals surface area contributed by atoms with Crippen LogP contribution in [0.25, 0.3) is 0 Å². The lowest BCUT2D eigenvalue weighted by atomic mass is 9.65. The number of carboxylic acid groups (broad SMARTS) is 1. The number of aliphatic carboxylic acids is 1. The summed E-state index contributed by atoms with van der Waals surface area (Å²) in [6.07, 6.45) is -5.63. The van der Waals surface area contributed by atoms with Gasteiger partial charge in [-0.25, -0.2) is 0 Å². The molecule has 0 radical (unpaired) electrons. The number of carboxylic acids is 1. The molecule has 1 rings (SSSR count). The van der Waals surface area contributed by atoms with Gasteiger partial charge < -0.3 is 5.11 Å². The Labute approximate surface area is 66.7 Å². The SMILES string of the molecule is C=C1CC(C(=O)O)(C(F)(F)F)C1. The monoisotopic (exact) mass is 180 g/mol. The molecule has 0 aromatic heterocycles. The van der Waals surface area contributed by atoms with Crippen molar-refractivity contribution in [2.75, 3.05) is 0 Å². The minimum Gasteiger partial charge on any atom is -0.481 e. The highest BCUT2D eigenvalue weighted by Crippen LogP contribution is 2.55. The Hall–Kier alpha value is -1.00. The molecule has 0 heterocycles. The average molecular weight is 180 g/mol. The van der Waals surface area contributed by atoms with E-state index >= 15 is 0 Å². The third kappa shape index (κ3) is 1.00. The number of allylic oxidation sites excluding steroid dienone is 1. The van der Waals surface area contributed by atoms with Crippen LogP contribution >= 0.6 is 0 Å². The Balaban J connectivity index is 2.92. The van der Waals surface area contributed by atoms with Crippen LogP contribution in [-0.2, 0) is 4.79 Å². The molecule has 0 aromatic carbocycles. The zero-order chi connectivity index (χ0) is 9.57. The van der Waals surface area contributed by atoms with E-state index in [9.17, 15) is 18.0 Å². The standard InChI is InChI=1S/C7H7F3O2/c1-4-2-6(3-4,5(11)12)7(8,9)10/h1-3H2,(H,11,12). The van der Waals surface area contributed by atoms with Crippen molar-refractivity contribution in [1.29, 1.82) is 0 Å². The van der Waals surface area contributed by atoms with Gasteiger partial charge >= 0.3 is 12.1 Å². The zero-order valence-corrected chi connectivity index (χ0v) is 6.11. The van der Waals surface area contributed by atoms with Crippen molar-refractivity contribution in [3.63, 3.8) is 0 Å². The van der Waals surface area contributed by atoms with Crippen LogP contribution in [0.2, 0.25) is 0 Å². The topological polar surface area (TPSA) is 37.3 Å². The maximum Gasteiger partial charge on any atom is 0.405 e. The van der Waals surface area contributed by atoms with Crippen LogP contribution < -0.4 is 0 Å². The molecular weight excluding hydrogens is 173 g/mol. The molecule has 2 nitrogen and oxygen atoms in total. The molecule has 0 amide bonds. The molecule has 0 atom stereocenters. The molecule has 0 unspecified atom stereocenters. The number of alkyl halides is 3. The van der Waals surface area contributed by atoms with Gasteiger partial charge in [0.25, 0.3) is 0 Å². The van der Waals surface area contributed by atoms with Gasteiger partial charge in [-0.15, -0.1) is 0 Å². The molecule has 0 saturated heterocycles. The highest BCUT2D eigenvalue weighted by molar-refractivity contribution is 5.78. The van der Waals surface area contributed by atoms with Crippen molar-refractivity contribution in [2.45, 2.75) is 19.0 Å². The molecule has 68 valence electrons. The molecule has 0 spiro atoms. The summed E-state index contributed by atoms with van der Waals surface area (Å²) in [6.45, 7) is 3.29. The summed E-state index contributed by atoms with van der Waals surface area (Å²) in [6, 6.07) is 0. The second kappa shape index (κ2) is 2.24. The molecule has 0 bridgehead atoms. The first-order valence-corrected chi connectivity index (χ1v) is 3.26. The first-order valence-electron chi connectivity index (χ1n) is 3.26. The van der Waals surface area contributed by atoms with Crippen molar-refractivity contribution in [1.82, 2.24) is 0 Å². The second-order valence-electron chi connectivity index (χ2n) is 2.99. The molecule has 0 aliphatic heterocycles. The lowest BCUT2D eigenvalue weighted by Gasteiger charge is -2.40. The fourth-order valence-corrected chi connectivity index (χ4v) is 1.27. The van der Waals surface area contributed by atoms with E-state index in [0.717, 1.165) is 0 Å². The third-order valence-corrected chi connectivity index (χ3v) is 2.06. The molecule has 1 aliphatic carbocycles. The van der Waals surface area contributed by atoms with Crippen LogP contribution in [0.4, 0.5) is 13.2 Å². The minimum absolute atomic E-state index is 0.342. The van der Waals surface area contributed by atoms with E-state index in [0.29, 0.717) is 5.57 Å². The molecule has 5 heteroatoms. The van der Waals surface area contributed by atoms with Crippen LogP contribution in [0.5, 0.6) is 0 Å². The number of rotatable bonds is 1. The van der Waals surface area contributed by atoms with E-state index < -0.39 is 30.4 Å². The fraction of sp³-hybridized carbons (Fsp3) is 0.571. The number of hydrogen-bond donors (Lipinski definition) is 1. The van der Waals surface area contributed by atoms with Crippen LogP contribution in [0, 0.1) is 5.41 Å². The lowest BCUT2D eigenvalue weighted by molar-refractivity contribution is -0.242. The molecular formula is C7H7F3O2. The van der Waals surface area contributed by atoms with E-state index in [4.69, 9.17) is 5.11 Å². The number of carbonyl (C=O) groups is 1. The van der Waals surface area contributed by atoms with Gasteiger partial charge in [-0.2, -0.15) is 13.2 Å². The van der Waals surface area contributed by atoms with Gasteiger partial charge in [0, 0.05) is 0 Å². The van der Waals surface area contributed by atoms with Gasteiger partial charge in [-0.3, -0.25) is 4.79 Å². The molecule has 1 fully saturated rings. The van der Waals surface area contributed by atoms with Gasteiger partial charge in [0.1, 0.15) is 0 Å². The predicted molar refractivity (Wildman–Crippen MR) is 34.5 cm³/mol. The molecule has 1 aliphatic rings. The van der Waals surface area contributed by atoms with Crippen LogP contribution in [-0.4, -0.2) is 17.3 Å². The van der Waals surface area contributed by atoms with Gasteiger partial charge in [0.15, 0.2) is 5.41 Å². The minimum atomic E-state index is -4.67. The zero-order valence-electron chi connectivity index (χ0n) is 6.11. The fourth-order valence-electron chi connectivity index (χ4n) is 1.27. The van der Waals surface area contributed by atoms with Crippen LogP contribution in [0.15, 0.2) is 12.2 Å². The summed E-state index contributed by atoms with van der Waals surface area (Å²) in [4.78, 5) is 10.3. The molecule has 0 aromatic rings. The maximum absolute atomic E-state index is 12.2. The average Bonchev–Trinajstić information content (AvgIpc) is 1.76. The van der Waals surface area contributed by atoms with E-state index in [2.05, 4.69) is 6.58 Å². The van der Waals surface area contributed by atoms with E-state index in [1.807, 2.05) is 0 Å². The lowest BCUT2D eigenvalue weighted by Crippen LogP contribution is -2.51. The highest BCUT2D eigenvalue weighted by Gasteiger charge is 2.65. The van der Waals surface area contributed by atoms with Gasteiger partial charge in [-0.1, -0.05) is 12.2 Å². The largest absolute Gasteiger partial charge is 0.481 e. The van der Waals surface area contributed by atoms with Crippen LogP contribution in [0.1, 0.15) is 12.8 Å². The Morgan fingerprint density at radius 2 is 1.92 bits per heavy atom. The second-order valence-corrected chi connectivity index (χ2v) is 2.99. The van der Waals surface area contributed by atoms with E-state index in [-0.39, 0.29) is 0 Å². The smallest absolute Gasteiger partial charge is 0.405 e. The van der Waals surface area contributed by atoms with Crippen molar-refractivity contribution in [3.05, 3.63) is 12.2 Å². The number of halogens is 3. The molecule has 1 saturated carbocycles.